The highest BCUT2D eigenvalue weighted by molar-refractivity contribution is 5.82. The second-order valence-corrected chi connectivity index (χ2v) is 2.10. The number of nitrogens with one attached hydrogen (secondary N) is 1. The largest absolute Gasteiger partial charge is 0.475 e. The Hall–Kier alpha value is -2.92. The quantitative estimate of drug-likeness (QED) is 0.445. The van der Waals surface area contributed by atoms with Gasteiger partial charge in [0.1, 0.15) is 5.21 Å². The fourth-order valence-corrected chi connectivity index (χ4v) is 0.588. The Bertz CT molecular complexity index is 416. The minimum Gasteiger partial charge on any atom is -0.475 e. The summed E-state index contributed by atoms with van der Waals surface area (Å²) in [6.07, 6.45) is 3.24. The topological polar surface area (TPSA) is 166 Å². The zero-order valence-electron chi connectivity index (χ0n) is 7.46. The summed E-state index contributed by atoms with van der Waals surface area (Å²) in [5.74, 6) is -2.37. The van der Waals surface area contributed by atoms with Crippen LogP contribution in [0.4, 0.5) is 0 Å². The molecule has 84 valence electrons. The molecule has 0 aliphatic rings. The van der Waals surface area contributed by atoms with E-state index >= 15 is 0 Å². The molecule has 0 radical (unpaired) electrons. The average molecular weight is 228 g/mol. The Kier molecular flexibility index (Phi) is 3.54. The molecule has 0 amide bonds. The Morgan fingerprint density at radius 1 is 1.62 bits per heavy atom. The lowest BCUT2D eigenvalue weighted by molar-refractivity contribution is -0.554. The number of hydrogen-bond acceptors (Lipinski definition) is 8. The van der Waals surface area contributed by atoms with Crippen molar-refractivity contribution < 1.29 is 14.9 Å². The fourth-order valence-electron chi connectivity index (χ4n) is 0.588. The Labute approximate surface area is 86.0 Å². The van der Waals surface area contributed by atoms with Crippen LogP contribution in [0.15, 0.2) is 12.4 Å². The minimum atomic E-state index is -1.55. The van der Waals surface area contributed by atoms with Gasteiger partial charge in [-0.05, 0) is 0 Å². The molecule has 0 aromatic carbocycles. The summed E-state index contributed by atoms with van der Waals surface area (Å²) < 4.78 is 0. The number of nitro groups is 1. The Balaban J connectivity index is 0.000000212. The molecule has 12 nitrogen and oxygen atoms in total. The van der Waals surface area contributed by atoms with E-state index in [4.69, 9.17) is 5.11 Å². The molecule has 2 rings (SSSR count). The number of aromatic carboxylic acids is 1. The molecule has 0 spiro atoms. The number of rotatable bonds is 2. The summed E-state index contributed by atoms with van der Waals surface area (Å²) in [5, 5.41) is 34.9. The van der Waals surface area contributed by atoms with Crippen molar-refractivity contribution in [3.63, 3.8) is 0 Å². The van der Waals surface area contributed by atoms with Gasteiger partial charge in [0.2, 0.25) is 5.21 Å². The van der Waals surface area contributed by atoms with Gasteiger partial charge in [-0.2, -0.15) is 0 Å². The number of carboxylic acids is 1. The van der Waals surface area contributed by atoms with Gasteiger partial charge >= 0.3 is 11.8 Å². The predicted octanol–water partition coefficient (Wildman–Crippen LogP) is -1.78. The van der Waals surface area contributed by atoms with Crippen LogP contribution in [0.3, 0.4) is 0 Å². The molecule has 2 aromatic rings. The molecule has 0 bridgehead atoms. The third-order valence-electron chi connectivity index (χ3n) is 1.13. The first-order valence-electron chi connectivity index (χ1n) is 3.59. The van der Waals surface area contributed by atoms with Gasteiger partial charge in [0, 0.05) is 6.20 Å². The summed E-state index contributed by atoms with van der Waals surface area (Å²) in [7, 11) is 0. The van der Waals surface area contributed by atoms with E-state index < -0.39 is 16.8 Å². The summed E-state index contributed by atoms with van der Waals surface area (Å²) >= 11 is 0. The highest BCUT2D eigenvalue weighted by Gasteiger charge is 2.21. The second-order valence-electron chi connectivity index (χ2n) is 2.10. The molecule has 0 unspecified atom stereocenters. The Morgan fingerprint density at radius 2 is 2.38 bits per heavy atom. The van der Waals surface area contributed by atoms with Gasteiger partial charge in [-0.3, -0.25) is 5.10 Å². The molecule has 16 heavy (non-hydrogen) atoms. The molecule has 0 fully saturated rings. The zero-order chi connectivity index (χ0) is 12.0. The molecule has 0 saturated heterocycles. The van der Waals surface area contributed by atoms with E-state index in [-0.39, 0.29) is 4.79 Å². The van der Waals surface area contributed by atoms with Gasteiger partial charge in [0.25, 0.3) is 0 Å². The van der Waals surface area contributed by atoms with Crippen molar-refractivity contribution >= 4 is 5.97 Å². The maximum absolute atomic E-state index is 10.1. The number of H-pyrrole nitrogens is 1. The first kappa shape index (κ1) is 11.2. The van der Waals surface area contributed by atoms with E-state index in [2.05, 4.69) is 30.9 Å². The minimum absolute atomic E-state index is 0.0255. The van der Waals surface area contributed by atoms with E-state index in [0.717, 1.165) is 0 Å². The third-order valence-corrected chi connectivity index (χ3v) is 1.13. The standard InChI is InChI=1S/C2HN5O4.C2H3N3/c8-2(9)1-3-4-5-6(1)7(10)11;1-2-4-5-3-1/h(H,8,9);1-2H,(H,3,4,5). The van der Waals surface area contributed by atoms with Gasteiger partial charge < -0.3 is 15.2 Å². The van der Waals surface area contributed by atoms with Crippen molar-refractivity contribution in [2.45, 2.75) is 0 Å². The van der Waals surface area contributed by atoms with E-state index in [9.17, 15) is 14.9 Å². The maximum atomic E-state index is 10.1. The van der Waals surface area contributed by atoms with E-state index in [1.165, 1.54) is 0 Å². The van der Waals surface area contributed by atoms with Gasteiger partial charge in [-0.1, -0.05) is 10.3 Å². The number of tetrazole rings is 1. The normalized spacial score (nSPS) is 9.00. The van der Waals surface area contributed by atoms with Crippen LogP contribution in [0, 0.1) is 10.1 Å². The molecule has 0 aliphatic carbocycles. The first-order valence-corrected chi connectivity index (χ1v) is 3.59. The van der Waals surface area contributed by atoms with Crippen LogP contribution in [-0.4, -0.2) is 51.8 Å². The molecular weight excluding hydrogens is 224 g/mol. The van der Waals surface area contributed by atoms with Crippen LogP contribution in [0.1, 0.15) is 10.6 Å². The number of hydrogen-bond donors (Lipinski definition) is 2. The zero-order valence-corrected chi connectivity index (χ0v) is 7.46. The van der Waals surface area contributed by atoms with Crippen LogP contribution in [0.25, 0.3) is 0 Å². The predicted molar refractivity (Wildman–Crippen MR) is 43.6 cm³/mol. The molecule has 0 atom stereocenters. The molecular formula is C4H4N8O4. The molecule has 2 aromatic heterocycles. The van der Waals surface area contributed by atoms with Crippen LogP contribution in [0.5, 0.6) is 0 Å². The highest BCUT2D eigenvalue weighted by atomic mass is 16.7. The summed E-state index contributed by atoms with van der Waals surface area (Å²) in [6.45, 7) is 0. The molecule has 2 heterocycles. The van der Waals surface area contributed by atoms with Crippen LogP contribution >= 0.6 is 0 Å². The number of aromatic nitrogens is 7. The van der Waals surface area contributed by atoms with Crippen molar-refractivity contribution in [2.75, 3.05) is 0 Å². The first-order chi connectivity index (χ1) is 7.63. The SMILES string of the molecule is O=C(O)c1nnnn1[N+](=O)[O-].c1c[nH]nn1. The third kappa shape index (κ3) is 2.79. The molecule has 2 N–H and O–H groups in total. The summed E-state index contributed by atoms with van der Waals surface area (Å²) in [4.78, 5) is 20.0. The van der Waals surface area contributed by atoms with Gasteiger partial charge in [-0.15, -0.1) is 5.10 Å². The molecule has 0 aliphatic heterocycles. The monoisotopic (exact) mass is 228 g/mol. The van der Waals surface area contributed by atoms with Gasteiger partial charge in [0.15, 0.2) is 0 Å². The summed E-state index contributed by atoms with van der Waals surface area (Å²) in [6, 6.07) is 0. The van der Waals surface area contributed by atoms with E-state index in [0.29, 0.717) is 0 Å². The lowest BCUT2D eigenvalue weighted by Gasteiger charge is -1.89. The van der Waals surface area contributed by atoms with Gasteiger partial charge in [0.05, 0.1) is 16.0 Å². The van der Waals surface area contributed by atoms with E-state index in [1.807, 2.05) is 0 Å². The van der Waals surface area contributed by atoms with Crippen molar-refractivity contribution in [2.24, 2.45) is 0 Å². The van der Waals surface area contributed by atoms with Crippen molar-refractivity contribution in [3.8, 4) is 0 Å². The van der Waals surface area contributed by atoms with Crippen molar-refractivity contribution in [3.05, 3.63) is 28.3 Å². The number of aromatic amines is 1. The smallest absolute Gasteiger partial charge is 0.382 e. The van der Waals surface area contributed by atoms with E-state index in [1.54, 1.807) is 12.4 Å². The van der Waals surface area contributed by atoms with Crippen LogP contribution in [0.2, 0.25) is 0 Å². The molecule has 0 saturated carbocycles. The summed E-state index contributed by atoms with van der Waals surface area (Å²) in [5.41, 5.74) is 0. The Morgan fingerprint density at radius 3 is 2.69 bits per heavy atom. The lowest BCUT2D eigenvalue weighted by atomic mass is 10.6. The van der Waals surface area contributed by atoms with Crippen LogP contribution in [-0.2, 0) is 0 Å². The number of carbonyl (C=O) groups is 1. The lowest BCUT2D eigenvalue weighted by Crippen LogP contribution is -2.17. The maximum Gasteiger partial charge on any atom is 0.382 e. The molecule has 12 heteroatoms. The average Bonchev–Trinajstić information content (AvgIpc) is 2.92. The van der Waals surface area contributed by atoms with Crippen molar-refractivity contribution in [1.82, 2.24) is 35.7 Å². The highest BCUT2D eigenvalue weighted by Crippen LogP contribution is 1.88. The second kappa shape index (κ2) is 5.08. The number of nitrogens with zero attached hydrogens (tertiary/aromatic N) is 7. The fraction of sp³-hybridized carbons (Fsp3) is 0. The van der Waals surface area contributed by atoms with Gasteiger partial charge in [-0.25, -0.2) is 4.79 Å². The van der Waals surface area contributed by atoms with Crippen LogP contribution < -0.4 is 0 Å². The number of carboxylic acid groups (broad SMARTS) is 1. The van der Waals surface area contributed by atoms with Crippen molar-refractivity contribution in [1.29, 1.82) is 0 Å².